The molecular formula is C23H25N5O5S. The highest BCUT2D eigenvalue weighted by Gasteiger charge is 2.22. The van der Waals surface area contributed by atoms with Gasteiger partial charge >= 0.3 is 10.3 Å². The maximum absolute atomic E-state index is 13.1. The van der Waals surface area contributed by atoms with Gasteiger partial charge in [-0.05, 0) is 30.5 Å². The number of aliphatic hydroxyl groups excluding tert-OH is 1. The fourth-order valence-corrected chi connectivity index (χ4v) is 3.46. The third-order valence-corrected chi connectivity index (χ3v) is 5.47. The van der Waals surface area contributed by atoms with Crippen LogP contribution in [0, 0.1) is 17.9 Å². The Morgan fingerprint density at radius 1 is 1.29 bits per heavy atom. The average molecular weight is 484 g/mol. The highest BCUT2D eigenvalue weighted by molar-refractivity contribution is 7.84. The van der Waals surface area contributed by atoms with E-state index in [0.29, 0.717) is 12.0 Å². The van der Waals surface area contributed by atoms with E-state index in [9.17, 15) is 18.3 Å². The molecule has 0 aliphatic heterocycles. The molecule has 2 atom stereocenters. The molecule has 4 N–H and O–H groups in total. The van der Waals surface area contributed by atoms with E-state index in [1.54, 1.807) is 30.0 Å². The number of hydrogen-bond acceptors (Lipinski definition) is 8. The van der Waals surface area contributed by atoms with E-state index in [4.69, 9.17) is 5.14 Å². The van der Waals surface area contributed by atoms with E-state index in [0.717, 1.165) is 5.56 Å². The van der Waals surface area contributed by atoms with Gasteiger partial charge in [-0.2, -0.15) is 8.42 Å². The number of benzene rings is 1. The second-order valence-electron chi connectivity index (χ2n) is 7.42. The molecule has 0 spiro atoms. The molecule has 0 saturated heterocycles. The van der Waals surface area contributed by atoms with Gasteiger partial charge in [-0.3, -0.25) is 13.5 Å². The Bertz CT molecular complexity index is 1280. The molecule has 34 heavy (non-hydrogen) atoms. The first-order valence-electron chi connectivity index (χ1n) is 10.5. The number of anilines is 1. The molecule has 0 radical (unpaired) electrons. The number of aliphatic hydroxyl groups is 1. The molecule has 11 heteroatoms. The van der Waals surface area contributed by atoms with Gasteiger partial charge in [0.05, 0.1) is 18.3 Å². The van der Waals surface area contributed by atoms with Crippen LogP contribution in [-0.4, -0.2) is 53.1 Å². The fraction of sp³-hybridized carbons (Fsp3) is 0.261. The van der Waals surface area contributed by atoms with Crippen LogP contribution in [-0.2, 0) is 14.5 Å². The zero-order chi connectivity index (χ0) is 24.6. The molecule has 10 nitrogen and oxygen atoms in total. The van der Waals surface area contributed by atoms with Crippen molar-refractivity contribution in [2.45, 2.75) is 19.4 Å². The topological polar surface area (TPSA) is 149 Å². The smallest absolute Gasteiger partial charge is 0.333 e. The van der Waals surface area contributed by atoms with Crippen LogP contribution in [0.5, 0.6) is 0 Å². The molecule has 3 rings (SSSR count). The monoisotopic (exact) mass is 483 g/mol. The van der Waals surface area contributed by atoms with Crippen LogP contribution >= 0.6 is 0 Å². The quantitative estimate of drug-likeness (QED) is 0.289. The van der Waals surface area contributed by atoms with Crippen LogP contribution in [0.2, 0.25) is 0 Å². The second-order valence-corrected chi connectivity index (χ2v) is 8.64. The average Bonchev–Trinajstić information content (AvgIpc) is 3.30. The summed E-state index contributed by atoms with van der Waals surface area (Å²) >= 11 is 0. The van der Waals surface area contributed by atoms with Gasteiger partial charge in [0.25, 0.3) is 0 Å². The van der Waals surface area contributed by atoms with E-state index in [1.807, 2.05) is 30.3 Å². The third kappa shape index (κ3) is 7.23. The summed E-state index contributed by atoms with van der Waals surface area (Å²) in [7, 11) is -4.10. The van der Waals surface area contributed by atoms with Gasteiger partial charge in [-0.15, -0.1) is 0 Å². The van der Waals surface area contributed by atoms with Crippen molar-refractivity contribution in [1.29, 1.82) is 0 Å². The van der Waals surface area contributed by atoms with Gasteiger partial charge in [-0.25, -0.2) is 15.1 Å². The van der Waals surface area contributed by atoms with E-state index >= 15 is 0 Å². The summed E-state index contributed by atoms with van der Waals surface area (Å²) in [5.41, 5.74) is 1.47. The number of nitrogens with two attached hydrogens (primary N) is 1. The molecule has 178 valence electrons. The third-order valence-electron chi connectivity index (χ3n) is 5.01. The molecule has 0 amide bonds. The number of carbonyl (C=O) groups excluding carboxylic acids is 1. The first-order chi connectivity index (χ1) is 16.3. The van der Waals surface area contributed by atoms with Crippen molar-refractivity contribution >= 4 is 21.9 Å². The van der Waals surface area contributed by atoms with Gasteiger partial charge in [0, 0.05) is 48.2 Å². The summed E-state index contributed by atoms with van der Waals surface area (Å²) in [6.07, 6.45) is 5.44. The van der Waals surface area contributed by atoms with Crippen molar-refractivity contribution in [3.05, 3.63) is 78.0 Å². The number of carbonyl (C=O) groups is 1. The van der Waals surface area contributed by atoms with Crippen molar-refractivity contribution < 1.29 is 22.5 Å². The van der Waals surface area contributed by atoms with Gasteiger partial charge in [-0.1, -0.05) is 25.1 Å². The highest BCUT2D eigenvalue weighted by atomic mass is 32.2. The number of rotatable bonds is 10. The van der Waals surface area contributed by atoms with Crippen LogP contribution in [0.1, 0.15) is 34.8 Å². The van der Waals surface area contributed by atoms with E-state index < -0.39 is 22.3 Å². The Kier molecular flexibility index (Phi) is 8.50. The SMILES string of the molecule is CC[C@H](COS(N)(=O)=O)[C@@H](O)CNc1ncncc1C(=O)c1ccn(C#Cc2ccccc2)c1. The Labute approximate surface area is 198 Å². The van der Waals surface area contributed by atoms with Crippen LogP contribution in [0.15, 0.2) is 61.3 Å². The maximum atomic E-state index is 13.1. The van der Waals surface area contributed by atoms with Crippen molar-refractivity contribution in [3.8, 4) is 12.0 Å². The molecule has 0 aliphatic carbocycles. The maximum Gasteiger partial charge on any atom is 0.333 e. The number of ketones is 1. The molecule has 0 saturated carbocycles. The number of nitrogens with zero attached hydrogens (tertiary/aromatic N) is 3. The predicted molar refractivity (Wildman–Crippen MR) is 126 cm³/mol. The molecule has 2 heterocycles. The van der Waals surface area contributed by atoms with Gasteiger partial charge in [0.1, 0.15) is 12.1 Å². The van der Waals surface area contributed by atoms with Crippen LogP contribution in [0.3, 0.4) is 0 Å². The van der Waals surface area contributed by atoms with Crippen LogP contribution in [0.4, 0.5) is 5.82 Å². The van der Waals surface area contributed by atoms with E-state index in [1.165, 1.54) is 12.5 Å². The van der Waals surface area contributed by atoms with Crippen molar-refractivity contribution in [1.82, 2.24) is 14.5 Å². The molecule has 2 aromatic heterocycles. The molecule has 0 aliphatic rings. The summed E-state index contributed by atoms with van der Waals surface area (Å²) < 4.78 is 28.2. The molecular weight excluding hydrogens is 458 g/mol. The van der Waals surface area contributed by atoms with Crippen molar-refractivity contribution in [2.24, 2.45) is 11.1 Å². The fourth-order valence-electron chi connectivity index (χ4n) is 3.09. The standard InChI is InChI=1S/C23H25N5O5S/c1-2-18(15-33-34(24,31)32)21(29)13-26-23-20(12-25-16-27-23)22(30)19-9-11-28(14-19)10-8-17-6-4-3-5-7-17/h3-7,9,11-12,14,16,18,21,29H,2,13,15H2,1H3,(H2,24,31,32)(H,25,26,27)/t18-,21+/m1/s1. The minimum Gasteiger partial charge on any atom is -0.391 e. The summed E-state index contributed by atoms with van der Waals surface area (Å²) in [4.78, 5) is 21.1. The van der Waals surface area contributed by atoms with Crippen LogP contribution in [0.25, 0.3) is 0 Å². The molecule has 0 bridgehead atoms. The first-order valence-corrected chi connectivity index (χ1v) is 11.9. The van der Waals surface area contributed by atoms with Crippen molar-refractivity contribution in [2.75, 3.05) is 18.5 Å². The minimum absolute atomic E-state index is 0.00728. The summed E-state index contributed by atoms with van der Waals surface area (Å²) in [5.74, 6) is 2.44. The zero-order valence-electron chi connectivity index (χ0n) is 18.5. The number of hydrogen-bond donors (Lipinski definition) is 3. The summed E-state index contributed by atoms with van der Waals surface area (Å²) in [6, 6.07) is 14.1. The second kappa shape index (κ2) is 11.5. The Morgan fingerprint density at radius 2 is 2.06 bits per heavy atom. The molecule has 0 fully saturated rings. The first kappa shape index (κ1) is 25.1. The van der Waals surface area contributed by atoms with Crippen molar-refractivity contribution in [3.63, 3.8) is 0 Å². The number of aromatic nitrogens is 3. The lowest BCUT2D eigenvalue weighted by atomic mass is 10.0. The van der Waals surface area contributed by atoms with Crippen LogP contribution < -0.4 is 10.5 Å². The summed E-state index contributed by atoms with van der Waals surface area (Å²) in [6.45, 7) is 1.53. The lowest BCUT2D eigenvalue weighted by Gasteiger charge is -2.21. The largest absolute Gasteiger partial charge is 0.391 e. The Hall–Kier alpha value is -3.56. The summed E-state index contributed by atoms with van der Waals surface area (Å²) in [5, 5.41) is 18.2. The van der Waals surface area contributed by atoms with E-state index in [2.05, 4.69) is 31.4 Å². The molecule has 0 unspecified atom stereocenters. The predicted octanol–water partition coefficient (Wildman–Crippen LogP) is 1.39. The Balaban J connectivity index is 1.68. The Morgan fingerprint density at radius 3 is 2.76 bits per heavy atom. The normalized spacial score (nSPS) is 12.9. The molecule has 3 aromatic rings. The lowest BCUT2D eigenvalue weighted by Crippen LogP contribution is -2.33. The zero-order valence-corrected chi connectivity index (χ0v) is 19.3. The number of nitrogens with one attached hydrogen (secondary N) is 1. The van der Waals surface area contributed by atoms with Gasteiger partial charge < -0.3 is 10.4 Å². The van der Waals surface area contributed by atoms with Gasteiger partial charge in [0.15, 0.2) is 5.78 Å². The highest BCUT2D eigenvalue weighted by Crippen LogP contribution is 2.18. The molecule has 1 aromatic carbocycles. The van der Waals surface area contributed by atoms with E-state index in [-0.39, 0.29) is 30.3 Å². The van der Waals surface area contributed by atoms with Gasteiger partial charge in [0.2, 0.25) is 0 Å². The lowest BCUT2D eigenvalue weighted by molar-refractivity contribution is 0.0839. The minimum atomic E-state index is -4.10.